The summed E-state index contributed by atoms with van der Waals surface area (Å²) >= 11 is 1.64. The minimum atomic E-state index is 0.609. The molecule has 1 aliphatic heterocycles. The Kier molecular flexibility index (Phi) is 5.85. The Hall–Kier alpha value is -1.89. The first kappa shape index (κ1) is 17.0. The third-order valence-electron chi connectivity index (χ3n) is 3.88. The van der Waals surface area contributed by atoms with E-state index in [0.29, 0.717) is 18.0 Å². The van der Waals surface area contributed by atoms with Gasteiger partial charge in [-0.15, -0.1) is 0 Å². The molecule has 0 amide bonds. The van der Waals surface area contributed by atoms with Crippen LogP contribution in [0.1, 0.15) is 0 Å². The predicted octanol–water partition coefficient (Wildman–Crippen LogP) is 2.71. The van der Waals surface area contributed by atoms with Gasteiger partial charge in [-0.2, -0.15) is 0 Å². The summed E-state index contributed by atoms with van der Waals surface area (Å²) in [5, 5.41) is 0. The van der Waals surface area contributed by atoms with E-state index in [2.05, 4.69) is 17.0 Å². The first-order chi connectivity index (χ1) is 11.7. The summed E-state index contributed by atoms with van der Waals surface area (Å²) in [6, 6.07) is 13.8. The molecule has 1 fully saturated rings. The van der Waals surface area contributed by atoms with Crippen molar-refractivity contribution in [2.24, 2.45) is 0 Å². The quantitative estimate of drug-likeness (QED) is 0.784. The van der Waals surface area contributed by atoms with Crippen LogP contribution in [0, 0.1) is 0 Å². The molecule has 3 rings (SSSR count). The third-order valence-corrected chi connectivity index (χ3v) is 4.86. The summed E-state index contributed by atoms with van der Waals surface area (Å²) in [6.07, 6.45) is 0. The maximum Gasteiger partial charge on any atom is 0.120 e. The number of nitrogen functional groups attached to an aromatic ring is 2. The number of hydrogen-bond donors (Lipinski definition) is 2. The largest absolute Gasteiger partial charge is 0.492 e. The Morgan fingerprint density at radius 2 is 1.79 bits per heavy atom. The van der Waals surface area contributed by atoms with Crippen LogP contribution in [0.2, 0.25) is 0 Å². The molecule has 6 heteroatoms. The van der Waals surface area contributed by atoms with E-state index in [1.54, 1.807) is 11.8 Å². The lowest BCUT2D eigenvalue weighted by Gasteiger charge is -2.26. The predicted molar refractivity (Wildman–Crippen MR) is 98.6 cm³/mol. The van der Waals surface area contributed by atoms with Crippen LogP contribution >= 0.6 is 11.8 Å². The number of rotatable bonds is 6. The topological polar surface area (TPSA) is 73.7 Å². The zero-order chi connectivity index (χ0) is 16.8. The molecule has 128 valence electrons. The standard InChI is InChI=1S/C18H23N3O2S/c19-17-5-4-16(13-18(17)20)24-15-3-1-2-14(12-15)23-11-8-21-6-9-22-10-7-21/h1-5,12-13H,6-11,19-20H2. The number of morpholine rings is 1. The fourth-order valence-corrected chi connectivity index (χ4v) is 3.41. The van der Waals surface area contributed by atoms with Crippen LogP contribution in [0.15, 0.2) is 52.3 Å². The van der Waals surface area contributed by atoms with E-state index in [1.165, 1.54) is 0 Å². The summed E-state index contributed by atoms with van der Waals surface area (Å²) in [5.74, 6) is 0.886. The summed E-state index contributed by atoms with van der Waals surface area (Å²) in [5.41, 5.74) is 12.8. The number of ether oxygens (including phenoxy) is 2. The highest BCUT2D eigenvalue weighted by molar-refractivity contribution is 7.99. The van der Waals surface area contributed by atoms with E-state index in [9.17, 15) is 0 Å². The summed E-state index contributed by atoms with van der Waals surface area (Å²) in [4.78, 5) is 4.54. The molecule has 0 radical (unpaired) electrons. The fraction of sp³-hybridized carbons (Fsp3) is 0.333. The van der Waals surface area contributed by atoms with Crippen LogP contribution in [0.25, 0.3) is 0 Å². The van der Waals surface area contributed by atoms with Crippen molar-refractivity contribution < 1.29 is 9.47 Å². The Morgan fingerprint density at radius 1 is 1.00 bits per heavy atom. The highest BCUT2D eigenvalue weighted by atomic mass is 32.2. The van der Waals surface area contributed by atoms with Gasteiger partial charge >= 0.3 is 0 Å². The highest BCUT2D eigenvalue weighted by Crippen LogP contribution is 2.32. The molecule has 1 saturated heterocycles. The van der Waals surface area contributed by atoms with Crippen LogP contribution in [-0.4, -0.2) is 44.4 Å². The monoisotopic (exact) mass is 345 g/mol. The molecular formula is C18H23N3O2S. The van der Waals surface area contributed by atoms with Gasteiger partial charge in [-0.1, -0.05) is 17.8 Å². The fourth-order valence-electron chi connectivity index (χ4n) is 2.50. The van der Waals surface area contributed by atoms with Crippen LogP contribution in [-0.2, 0) is 4.74 Å². The lowest BCUT2D eigenvalue weighted by Crippen LogP contribution is -2.38. The van der Waals surface area contributed by atoms with Gasteiger partial charge in [0.1, 0.15) is 12.4 Å². The first-order valence-electron chi connectivity index (χ1n) is 8.06. The number of benzene rings is 2. The van der Waals surface area contributed by atoms with E-state index < -0.39 is 0 Å². The number of nitrogens with two attached hydrogens (primary N) is 2. The van der Waals surface area contributed by atoms with Crippen molar-refractivity contribution >= 4 is 23.1 Å². The molecule has 0 saturated carbocycles. The van der Waals surface area contributed by atoms with Crippen LogP contribution in [0.3, 0.4) is 0 Å². The van der Waals surface area contributed by atoms with Gasteiger partial charge in [-0.05, 0) is 36.4 Å². The van der Waals surface area contributed by atoms with Gasteiger partial charge in [0, 0.05) is 29.4 Å². The molecule has 4 N–H and O–H groups in total. The average Bonchev–Trinajstić information content (AvgIpc) is 2.60. The zero-order valence-electron chi connectivity index (χ0n) is 13.6. The van der Waals surface area contributed by atoms with Gasteiger partial charge in [0.2, 0.25) is 0 Å². The van der Waals surface area contributed by atoms with Gasteiger partial charge in [0.05, 0.1) is 24.6 Å². The van der Waals surface area contributed by atoms with Gasteiger partial charge < -0.3 is 20.9 Å². The Balaban J connectivity index is 1.54. The SMILES string of the molecule is Nc1ccc(Sc2cccc(OCCN3CCOCC3)c2)cc1N. The van der Waals surface area contributed by atoms with E-state index in [1.807, 2.05) is 30.3 Å². The molecule has 1 aliphatic rings. The molecule has 24 heavy (non-hydrogen) atoms. The van der Waals surface area contributed by atoms with Crippen molar-refractivity contribution in [2.75, 3.05) is 50.9 Å². The normalized spacial score (nSPS) is 15.3. The van der Waals surface area contributed by atoms with Crippen LogP contribution in [0.5, 0.6) is 5.75 Å². The molecule has 2 aromatic rings. The lowest BCUT2D eigenvalue weighted by molar-refractivity contribution is 0.0322. The highest BCUT2D eigenvalue weighted by Gasteiger charge is 2.10. The molecule has 0 aromatic heterocycles. The molecule has 0 bridgehead atoms. The van der Waals surface area contributed by atoms with Gasteiger partial charge in [-0.3, -0.25) is 4.90 Å². The van der Waals surface area contributed by atoms with E-state index in [0.717, 1.165) is 48.4 Å². The van der Waals surface area contributed by atoms with Crippen LogP contribution < -0.4 is 16.2 Å². The maximum atomic E-state index is 5.89. The molecular weight excluding hydrogens is 322 g/mol. The molecule has 2 aromatic carbocycles. The van der Waals surface area contributed by atoms with Crippen molar-refractivity contribution in [3.05, 3.63) is 42.5 Å². The minimum absolute atomic E-state index is 0.609. The van der Waals surface area contributed by atoms with Crippen molar-refractivity contribution in [3.63, 3.8) is 0 Å². The van der Waals surface area contributed by atoms with Crippen molar-refractivity contribution in [1.29, 1.82) is 0 Å². The van der Waals surface area contributed by atoms with Gasteiger partial charge in [0.25, 0.3) is 0 Å². The van der Waals surface area contributed by atoms with Gasteiger partial charge in [0.15, 0.2) is 0 Å². The second-order valence-electron chi connectivity index (χ2n) is 5.67. The smallest absolute Gasteiger partial charge is 0.120 e. The van der Waals surface area contributed by atoms with E-state index in [4.69, 9.17) is 20.9 Å². The molecule has 0 unspecified atom stereocenters. The van der Waals surface area contributed by atoms with Gasteiger partial charge in [-0.25, -0.2) is 0 Å². The van der Waals surface area contributed by atoms with Crippen molar-refractivity contribution in [3.8, 4) is 5.75 Å². The average molecular weight is 345 g/mol. The number of hydrogen-bond acceptors (Lipinski definition) is 6. The van der Waals surface area contributed by atoms with Crippen molar-refractivity contribution in [2.45, 2.75) is 9.79 Å². The Labute approximate surface area is 146 Å². The summed E-state index contributed by atoms with van der Waals surface area (Å²) in [7, 11) is 0. The first-order valence-corrected chi connectivity index (χ1v) is 8.88. The van der Waals surface area contributed by atoms with Crippen molar-refractivity contribution in [1.82, 2.24) is 4.90 Å². The molecule has 5 nitrogen and oxygen atoms in total. The lowest BCUT2D eigenvalue weighted by atomic mass is 10.3. The summed E-state index contributed by atoms with van der Waals surface area (Å²) < 4.78 is 11.2. The molecule has 0 aliphatic carbocycles. The third kappa shape index (κ3) is 4.80. The Bertz CT molecular complexity index is 675. The molecule has 0 spiro atoms. The molecule has 1 heterocycles. The minimum Gasteiger partial charge on any atom is -0.492 e. The Morgan fingerprint density at radius 3 is 2.58 bits per heavy atom. The van der Waals surface area contributed by atoms with E-state index >= 15 is 0 Å². The second-order valence-corrected chi connectivity index (χ2v) is 6.82. The van der Waals surface area contributed by atoms with E-state index in [-0.39, 0.29) is 0 Å². The maximum absolute atomic E-state index is 5.89. The summed E-state index contributed by atoms with van der Waals surface area (Å²) in [6.45, 7) is 5.21. The molecule has 0 atom stereocenters. The zero-order valence-corrected chi connectivity index (χ0v) is 14.4. The van der Waals surface area contributed by atoms with Crippen LogP contribution in [0.4, 0.5) is 11.4 Å². The second kappa shape index (κ2) is 8.28. The number of anilines is 2. The number of nitrogens with zero attached hydrogens (tertiary/aromatic N) is 1.